The van der Waals surface area contributed by atoms with Gasteiger partial charge in [-0.15, -0.1) is 0 Å². The lowest BCUT2D eigenvalue weighted by Gasteiger charge is -2.37. The van der Waals surface area contributed by atoms with Crippen molar-refractivity contribution in [3.8, 4) is 0 Å². The van der Waals surface area contributed by atoms with Gasteiger partial charge in [0.05, 0.1) is 0 Å². The fourth-order valence-corrected chi connectivity index (χ4v) is 3.91. The van der Waals surface area contributed by atoms with Crippen molar-refractivity contribution >= 4 is 11.8 Å². The molecule has 2 amide bonds. The quantitative estimate of drug-likeness (QED) is 0.797. The summed E-state index contributed by atoms with van der Waals surface area (Å²) < 4.78 is 37.4. The first-order chi connectivity index (χ1) is 10.9. The summed E-state index contributed by atoms with van der Waals surface area (Å²) in [7, 11) is 0. The van der Waals surface area contributed by atoms with Crippen LogP contribution in [0, 0.1) is 5.92 Å². The Morgan fingerprint density at radius 3 is 1.87 bits per heavy atom. The summed E-state index contributed by atoms with van der Waals surface area (Å²) in [6, 6.07) is 0.672. The first-order valence-electron chi connectivity index (χ1n) is 8.56. The minimum Gasteiger partial charge on any atom is -0.336 e. The van der Waals surface area contributed by atoms with E-state index in [1.807, 2.05) is 4.90 Å². The average Bonchev–Trinajstić information content (AvgIpc) is 3.20. The molecule has 0 aromatic rings. The Balaban J connectivity index is 1.58. The van der Waals surface area contributed by atoms with Crippen LogP contribution in [-0.4, -0.2) is 53.0 Å². The van der Waals surface area contributed by atoms with Gasteiger partial charge in [0.1, 0.15) is 0 Å². The van der Waals surface area contributed by atoms with E-state index in [1.165, 1.54) is 0 Å². The van der Waals surface area contributed by atoms with Gasteiger partial charge >= 0.3 is 12.1 Å². The number of carbonyl (C=O) groups is 2. The number of rotatable bonds is 3. The molecule has 130 valence electrons. The van der Waals surface area contributed by atoms with Gasteiger partial charge in [0.25, 0.3) is 0 Å². The molecule has 2 aliphatic carbocycles. The zero-order valence-electron chi connectivity index (χ0n) is 13.1. The van der Waals surface area contributed by atoms with Gasteiger partial charge in [0, 0.05) is 31.1 Å². The van der Waals surface area contributed by atoms with Crippen molar-refractivity contribution in [2.75, 3.05) is 13.1 Å². The maximum absolute atomic E-state index is 12.8. The standard InChI is InChI=1S/C16H23F3N2O2/c17-16(18,19)15(23)20-9-7-11(8-10-20)14(22)21(13-5-6-13)12-3-1-2-4-12/h11-13H,1-10H2. The normalized spacial score (nSPS) is 24.0. The lowest BCUT2D eigenvalue weighted by molar-refractivity contribution is -0.187. The van der Waals surface area contributed by atoms with Crippen LogP contribution in [0.5, 0.6) is 0 Å². The van der Waals surface area contributed by atoms with Crippen LogP contribution in [-0.2, 0) is 9.59 Å². The van der Waals surface area contributed by atoms with Crippen molar-refractivity contribution < 1.29 is 22.8 Å². The maximum atomic E-state index is 12.8. The summed E-state index contributed by atoms with van der Waals surface area (Å²) in [5.41, 5.74) is 0. The predicted octanol–water partition coefficient (Wildman–Crippen LogP) is 2.72. The number of hydrogen-bond donors (Lipinski definition) is 0. The third kappa shape index (κ3) is 3.63. The van der Waals surface area contributed by atoms with E-state index < -0.39 is 12.1 Å². The average molecular weight is 332 g/mol. The summed E-state index contributed by atoms with van der Waals surface area (Å²) in [4.78, 5) is 27.0. The van der Waals surface area contributed by atoms with Crippen LogP contribution in [0.2, 0.25) is 0 Å². The molecule has 3 fully saturated rings. The lowest BCUT2D eigenvalue weighted by atomic mass is 9.94. The molecule has 0 radical (unpaired) electrons. The highest BCUT2D eigenvalue weighted by Crippen LogP contribution is 2.37. The Kier molecular flexibility index (Phi) is 4.56. The number of carbonyl (C=O) groups excluding carboxylic acids is 2. The van der Waals surface area contributed by atoms with Gasteiger partial charge in [-0.3, -0.25) is 9.59 Å². The van der Waals surface area contributed by atoms with Crippen molar-refractivity contribution in [3.05, 3.63) is 0 Å². The second-order valence-electron chi connectivity index (χ2n) is 6.98. The van der Waals surface area contributed by atoms with Gasteiger partial charge in [-0.05, 0) is 38.5 Å². The number of likely N-dealkylation sites (tertiary alicyclic amines) is 1. The maximum Gasteiger partial charge on any atom is 0.471 e. The van der Waals surface area contributed by atoms with Crippen LogP contribution in [0.4, 0.5) is 13.2 Å². The van der Waals surface area contributed by atoms with Gasteiger partial charge in [0.2, 0.25) is 5.91 Å². The van der Waals surface area contributed by atoms with Crippen LogP contribution in [0.1, 0.15) is 51.4 Å². The minimum atomic E-state index is -4.82. The smallest absolute Gasteiger partial charge is 0.336 e. The molecule has 0 spiro atoms. The van der Waals surface area contributed by atoms with E-state index in [1.54, 1.807) is 0 Å². The molecule has 0 atom stereocenters. The van der Waals surface area contributed by atoms with E-state index in [9.17, 15) is 22.8 Å². The van der Waals surface area contributed by atoms with Crippen molar-refractivity contribution in [3.63, 3.8) is 0 Å². The van der Waals surface area contributed by atoms with E-state index >= 15 is 0 Å². The van der Waals surface area contributed by atoms with Crippen molar-refractivity contribution in [2.45, 2.75) is 69.6 Å². The minimum absolute atomic E-state index is 0.0257. The first kappa shape index (κ1) is 16.6. The molecule has 3 aliphatic rings. The Morgan fingerprint density at radius 2 is 1.39 bits per heavy atom. The summed E-state index contributed by atoms with van der Waals surface area (Å²) in [6.45, 7) is 0.0514. The summed E-state index contributed by atoms with van der Waals surface area (Å²) in [6.07, 6.45) is 2.37. The topological polar surface area (TPSA) is 40.6 Å². The molecule has 1 saturated heterocycles. The molecule has 0 aromatic carbocycles. The van der Waals surface area contributed by atoms with Crippen LogP contribution in [0.3, 0.4) is 0 Å². The van der Waals surface area contributed by atoms with Gasteiger partial charge in [-0.1, -0.05) is 12.8 Å². The molecule has 1 aliphatic heterocycles. The van der Waals surface area contributed by atoms with E-state index in [0.29, 0.717) is 24.9 Å². The van der Waals surface area contributed by atoms with Gasteiger partial charge < -0.3 is 9.80 Å². The van der Waals surface area contributed by atoms with Crippen LogP contribution in [0.25, 0.3) is 0 Å². The first-order valence-corrected chi connectivity index (χ1v) is 8.56. The van der Waals surface area contributed by atoms with Crippen LogP contribution < -0.4 is 0 Å². The van der Waals surface area contributed by atoms with E-state index in [2.05, 4.69) is 0 Å². The second-order valence-corrected chi connectivity index (χ2v) is 6.98. The molecule has 0 bridgehead atoms. The lowest BCUT2D eigenvalue weighted by Crippen LogP contribution is -2.50. The molecular weight excluding hydrogens is 309 g/mol. The summed E-state index contributed by atoms with van der Waals surface area (Å²) in [5, 5.41) is 0. The number of alkyl halides is 3. The fraction of sp³-hybridized carbons (Fsp3) is 0.875. The summed E-state index contributed by atoms with van der Waals surface area (Å²) >= 11 is 0. The third-order valence-corrected chi connectivity index (χ3v) is 5.29. The van der Waals surface area contributed by atoms with E-state index in [4.69, 9.17) is 0 Å². The SMILES string of the molecule is O=C(C1CCN(C(=O)C(F)(F)F)CC1)N(C1CCCC1)C1CC1. The Bertz CT molecular complexity index is 462. The number of hydrogen-bond acceptors (Lipinski definition) is 2. The molecule has 7 heteroatoms. The Morgan fingerprint density at radius 1 is 0.870 bits per heavy atom. The van der Waals surface area contributed by atoms with Gasteiger partial charge in [-0.2, -0.15) is 13.2 Å². The number of piperidine rings is 1. The highest BCUT2D eigenvalue weighted by Gasteiger charge is 2.45. The second kappa shape index (κ2) is 6.32. The Hall–Kier alpha value is -1.27. The third-order valence-electron chi connectivity index (χ3n) is 5.29. The zero-order chi connectivity index (χ0) is 16.6. The fourth-order valence-electron chi connectivity index (χ4n) is 3.91. The highest BCUT2D eigenvalue weighted by atomic mass is 19.4. The number of amides is 2. The number of nitrogens with zero attached hydrogens (tertiary/aromatic N) is 2. The summed E-state index contributed by atoms with van der Waals surface area (Å²) in [5.74, 6) is -1.90. The van der Waals surface area contributed by atoms with Crippen molar-refractivity contribution in [2.24, 2.45) is 5.92 Å². The molecule has 23 heavy (non-hydrogen) atoms. The van der Waals surface area contributed by atoms with Gasteiger partial charge in [-0.25, -0.2) is 0 Å². The highest BCUT2D eigenvalue weighted by molar-refractivity contribution is 5.83. The molecule has 0 N–H and O–H groups in total. The molecule has 1 heterocycles. The monoisotopic (exact) mass is 332 g/mol. The zero-order valence-corrected chi connectivity index (χ0v) is 13.1. The van der Waals surface area contributed by atoms with E-state index in [0.717, 1.165) is 43.4 Å². The van der Waals surface area contributed by atoms with Crippen LogP contribution in [0.15, 0.2) is 0 Å². The van der Waals surface area contributed by atoms with Crippen LogP contribution >= 0.6 is 0 Å². The van der Waals surface area contributed by atoms with Crippen molar-refractivity contribution in [1.82, 2.24) is 9.80 Å². The van der Waals surface area contributed by atoms with Crippen molar-refractivity contribution in [1.29, 1.82) is 0 Å². The molecule has 3 rings (SSSR count). The molecule has 4 nitrogen and oxygen atoms in total. The van der Waals surface area contributed by atoms with E-state index in [-0.39, 0.29) is 24.9 Å². The largest absolute Gasteiger partial charge is 0.471 e. The number of halogens is 3. The predicted molar refractivity (Wildman–Crippen MR) is 77.5 cm³/mol. The van der Waals surface area contributed by atoms with Gasteiger partial charge in [0.15, 0.2) is 0 Å². The molecule has 0 aromatic heterocycles. The molecular formula is C16H23F3N2O2. The Labute approximate surface area is 134 Å². The molecule has 2 saturated carbocycles. The molecule has 0 unspecified atom stereocenters.